The third kappa shape index (κ3) is 4.26. The fourth-order valence-electron chi connectivity index (χ4n) is 2.68. The van der Waals surface area contributed by atoms with Crippen molar-refractivity contribution in [3.05, 3.63) is 29.8 Å². The molecule has 1 aliphatic heterocycles. The summed E-state index contributed by atoms with van der Waals surface area (Å²) in [6.07, 6.45) is 2.75. The Balaban J connectivity index is 1.97. The van der Waals surface area contributed by atoms with Crippen molar-refractivity contribution in [2.45, 2.75) is 37.2 Å². The van der Waals surface area contributed by atoms with Crippen LogP contribution in [0.25, 0.3) is 0 Å². The van der Waals surface area contributed by atoms with Crippen molar-refractivity contribution in [3.63, 3.8) is 0 Å². The molecule has 118 valence electrons. The van der Waals surface area contributed by atoms with Gasteiger partial charge in [-0.15, -0.1) is 0 Å². The molecule has 1 aromatic rings. The van der Waals surface area contributed by atoms with E-state index in [1.807, 2.05) is 12.1 Å². The molecule has 2 atom stereocenters. The van der Waals surface area contributed by atoms with Gasteiger partial charge < -0.3 is 10.5 Å². The largest absolute Gasteiger partial charge is 0.378 e. The van der Waals surface area contributed by atoms with Crippen LogP contribution in [0.1, 0.15) is 25.3 Å². The molecule has 0 bridgehead atoms. The van der Waals surface area contributed by atoms with E-state index in [0.29, 0.717) is 18.0 Å². The van der Waals surface area contributed by atoms with Crippen LogP contribution in [0.15, 0.2) is 29.2 Å². The van der Waals surface area contributed by atoms with Gasteiger partial charge in [0.25, 0.3) is 0 Å². The standard InChI is InChI=1S/C15H24N2O3S/c1-2-15-13(8-10-20-15)11-17-21(18,19)14-5-3-12(4-6-14)7-9-16/h3-6,13,15,17H,2,7-11,16H2,1H3. The summed E-state index contributed by atoms with van der Waals surface area (Å²) in [6, 6.07) is 6.90. The van der Waals surface area contributed by atoms with Crippen molar-refractivity contribution in [1.29, 1.82) is 0 Å². The number of hydrogen-bond donors (Lipinski definition) is 2. The van der Waals surface area contributed by atoms with Gasteiger partial charge in [0.05, 0.1) is 11.0 Å². The summed E-state index contributed by atoms with van der Waals surface area (Å²) in [7, 11) is -3.45. The smallest absolute Gasteiger partial charge is 0.240 e. The van der Waals surface area contributed by atoms with Crippen LogP contribution in [-0.2, 0) is 21.2 Å². The minimum atomic E-state index is -3.45. The van der Waals surface area contributed by atoms with Crippen LogP contribution in [0, 0.1) is 5.92 Å². The Labute approximate surface area is 126 Å². The lowest BCUT2D eigenvalue weighted by Gasteiger charge is -2.17. The number of hydrogen-bond acceptors (Lipinski definition) is 4. The summed E-state index contributed by atoms with van der Waals surface area (Å²) in [4.78, 5) is 0.301. The molecule has 2 unspecified atom stereocenters. The van der Waals surface area contributed by atoms with E-state index < -0.39 is 10.0 Å². The van der Waals surface area contributed by atoms with E-state index in [-0.39, 0.29) is 12.0 Å². The first-order chi connectivity index (χ1) is 10.1. The number of benzene rings is 1. The summed E-state index contributed by atoms with van der Waals surface area (Å²) in [5.74, 6) is 0.265. The number of nitrogens with one attached hydrogen (secondary N) is 1. The third-order valence-electron chi connectivity index (χ3n) is 3.95. The van der Waals surface area contributed by atoms with Crippen molar-refractivity contribution in [2.75, 3.05) is 19.7 Å². The first-order valence-corrected chi connectivity index (χ1v) is 8.95. The Morgan fingerprint density at radius 2 is 2.05 bits per heavy atom. The zero-order valence-corrected chi connectivity index (χ0v) is 13.2. The Morgan fingerprint density at radius 3 is 2.67 bits per heavy atom. The molecule has 0 aromatic heterocycles. The normalized spacial score (nSPS) is 22.6. The number of nitrogens with two attached hydrogens (primary N) is 1. The first kappa shape index (κ1) is 16.4. The van der Waals surface area contributed by atoms with Crippen molar-refractivity contribution < 1.29 is 13.2 Å². The number of rotatable bonds is 7. The second-order valence-electron chi connectivity index (χ2n) is 5.40. The lowest BCUT2D eigenvalue weighted by molar-refractivity contribution is 0.0884. The lowest BCUT2D eigenvalue weighted by atomic mass is 10.0. The highest BCUT2D eigenvalue weighted by molar-refractivity contribution is 7.89. The zero-order valence-electron chi connectivity index (χ0n) is 12.4. The second-order valence-corrected chi connectivity index (χ2v) is 7.17. The minimum absolute atomic E-state index is 0.166. The van der Waals surface area contributed by atoms with Gasteiger partial charge in [0.1, 0.15) is 0 Å². The van der Waals surface area contributed by atoms with E-state index in [4.69, 9.17) is 10.5 Å². The average Bonchev–Trinajstić information content (AvgIpc) is 2.94. The van der Waals surface area contributed by atoms with E-state index in [9.17, 15) is 8.42 Å². The highest BCUT2D eigenvalue weighted by atomic mass is 32.2. The van der Waals surface area contributed by atoms with Crippen molar-refractivity contribution in [1.82, 2.24) is 4.72 Å². The molecular weight excluding hydrogens is 288 g/mol. The molecule has 1 saturated heterocycles. The third-order valence-corrected chi connectivity index (χ3v) is 5.39. The van der Waals surface area contributed by atoms with Gasteiger partial charge >= 0.3 is 0 Å². The van der Waals surface area contributed by atoms with E-state index >= 15 is 0 Å². The Hall–Kier alpha value is -0.950. The minimum Gasteiger partial charge on any atom is -0.378 e. The molecule has 21 heavy (non-hydrogen) atoms. The summed E-state index contributed by atoms with van der Waals surface area (Å²) < 4.78 is 32.8. The molecule has 0 amide bonds. The van der Waals surface area contributed by atoms with E-state index in [2.05, 4.69) is 11.6 Å². The quantitative estimate of drug-likeness (QED) is 0.795. The van der Waals surface area contributed by atoms with E-state index in [1.165, 1.54) is 0 Å². The Kier molecular flexibility index (Phi) is 5.75. The molecule has 0 radical (unpaired) electrons. The zero-order chi connectivity index (χ0) is 15.3. The van der Waals surface area contributed by atoms with Crippen LogP contribution in [-0.4, -0.2) is 34.2 Å². The van der Waals surface area contributed by atoms with Gasteiger partial charge in [-0.05, 0) is 43.5 Å². The molecule has 1 aromatic carbocycles. The topological polar surface area (TPSA) is 81.4 Å². The fraction of sp³-hybridized carbons (Fsp3) is 0.600. The molecule has 5 nitrogen and oxygen atoms in total. The molecule has 0 saturated carbocycles. The summed E-state index contributed by atoms with van der Waals surface area (Å²) in [6.45, 7) is 3.78. The van der Waals surface area contributed by atoms with Crippen molar-refractivity contribution >= 4 is 10.0 Å². The fourth-order valence-corrected chi connectivity index (χ4v) is 3.77. The lowest BCUT2D eigenvalue weighted by Crippen LogP contribution is -2.32. The monoisotopic (exact) mass is 312 g/mol. The van der Waals surface area contributed by atoms with Crippen LogP contribution in [0.4, 0.5) is 0 Å². The molecule has 1 heterocycles. The SMILES string of the molecule is CCC1OCCC1CNS(=O)(=O)c1ccc(CCN)cc1. The maximum absolute atomic E-state index is 12.3. The molecule has 6 heteroatoms. The molecule has 1 fully saturated rings. The summed E-state index contributed by atoms with van der Waals surface area (Å²) >= 11 is 0. The maximum Gasteiger partial charge on any atom is 0.240 e. The molecular formula is C15H24N2O3S. The molecule has 0 aliphatic carbocycles. The summed E-state index contributed by atoms with van der Waals surface area (Å²) in [5.41, 5.74) is 6.53. The second kappa shape index (κ2) is 7.35. The van der Waals surface area contributed by atoms with Crippen LogP contribution >= 0.6 is 0 Å². The summed E-state index contributed by atoms with van der Waals surface area (Å²) in [5, 5.41) is 0. The van der Waals surface area contributed by atoms with Crippen LogP contribution in [0.3, 0.4) is 0 Å². The molecule has 0 spiro atoms. The molecule has 2 rings (SSSR count). The predicted octanol–water partition coefficient (Wildman–Crippen LogP) is 1.28. The van der Waals surface area contributed by atoms with Crippen LogP contribution < -0.4 is 10.5 Å². The van der Waals surface area contributed by atoms with Gasteiger partial charge in [-0.2, -0.15) is 0 Å². The van der Waals surface area contributed by atoms with Gasteiger partial charge in [-0.25, -0.2) is 13.1 Å². The van der Waals surface area contributed by atoms with Gasteiger partial charge in [-0.1, -0.05) is 19.1 Å². The Bertz CT molecular complexity index is 543. The van der Waals surface area contributed by atoms with E-state index in [0.717, 1.165) is 31.4 Å². The number of sulfonamides is 1. The highest BCUT2D eigenvalue weighted by Crippen LogP contribution is 2.23. The molecule has 3 N–H and O–H groups in total. The average molecular weight is 312 g/mol. The van der Waals surface area contributed by atoms with Gasteiger partial charge in [0.2, 0.25) is 10.0 Å². The van der Waals surface area contributed by atoms with Crippen molar-refractivity contribution in [2.24, 2.45) is 11.7 Å². The van der Waals surface area contributed by atoms with E-state index in [1.54, 1.807) is 12.1 Å². The predicted molar refractivity (Wildman–Crippen MR) is 82.5 cm³/mol. The maximum atomic E-state index is 12.3. The molecule has 1 aliphatic rings. The van der Waals surface area contributed by atoms with Crippen LogP contribution in [0.2, 0.25) is 0 Å². The van der Waals surface area contributed by atoms with Gasteiger partial charge in [0.15, 0.2) is 0 Å². The Morgan fingerprint density at radius 1 is 1.33 bits per heavy atom. The van der Waals surface area contributed by atoms with Crippen LogP contribution in [0.5, 0.6) is 0 Å². The van der Waals surface area contributed by atoms with Gasteiger partial charge in [-0.3, -0.25) is 0 Å². The van der Waals surface area contributed by atoms with Crippen molar-refractivity contribution in [3.8, 4) is 0 Å². The first-order valence-electron chi connectivity index (χ1n) is 7.47. The number of ether oxygens (including phenoxy) is 1. The highest BCUT2D eigenvalue weighted by Gasteiger charge is 2.28. The van der Waals surface area contributed by atoms with Gasteiger partial charge in [0, 0.05) is 19.1 Å².